The molecule has 27 heavy (non-hydrogen) atoms. The van der Waals surface area contributed by atoms with Crippen LogP contribution in [0.15, 0.2) is 4.99 Å². The molecular weight excluding hydrogens is 476 g/mol. The van der Waals surface area contributed by atoms with Crippen LogP contribution < -0.4 is 5.32 Å². The lowest BCUT2D eigenvalue weighted by atomic mass is 9.97. The van der Waals surface area contributed by atoms with Gasteiger partial charge in [0.2, 0.25) is 0 Å². The number of aliphatic imine (C=N–C) groups is 1. The maximum atomic E-state index is 12.5. The van der Waals surface area contributed by atoms with Crippen LogP contribution in [0.2, 0.25) is 0 Å². The molecule has 1 unspecified atom stereocenters. The normalized spacial score (nSPS) is 22.5. The van der Waals surface area contributed by atoms with Gasteiger partial charge < -0.3 is 15.0 Å². The number of guanidine groups is 1. The Bertz CT molecular complexity index is 497. The minimum Gasteiger partial charge on any atom is -0.466 e. The van der Waals surface area contributed by atoms with Crippen molar-refractivity contribution in [3.63, 3.8) is 0 Å². The van der Waals surface area contributed by atoms with Crippen LogP contribution >= 0.6 is 24.0 Å². The van der Waals surface area contributed by atoms with Gasteiger partial charge in [0.05, 0.1) is 19.1 Å². The number of piperidine rings is 1. The van der Waals surface area contributed by atoms with Crippen molar-refractivity contribution in [2.24, 2.45) is 10.9 Å². The van der Waals surface area contributed by atoms with Crippen LogP contribution in [0.4, 0.5) is 13.2 Å². The number of rotatable bonds is 5. The summed E-state index contributed by atoms with van der Waals surface area (Å²) < 4.78 is 42.7. The number of carbonyl (C=O) groups excluding carboxylic acids is 1. The Balaban J connectivity index is 0.00000364. The molecular formula is C17H30F3IN4O2. The second-order valence-corrected chi connectivity index (χ2v) is 6.79. The molecule has 0 spiro atoms. The smallest absolute Gasteiger partial charge is 0.401 e. The summed E-state index contributed by atoms with van der Waals surface area (Å²) in [5.41, 5.74) is 0. The zero-order valence-electron chi connectivity index (χ0n) is 15.9. The molecule has 158 valence electrons. The monoisotopic (exact) mass is 506 g/mol. The van der Waals surface area contributed by atoms with Crippen molar-refractivity contribution < 1.29 is 22.7 Å². The van der Waals surface area contributed by atoms with Crippen LogP contribution in [0.5, 0.6) is 0 Å². The summed E-state index contributed by atoms with van der Waals surface area (Å²) >= 11 is 0. The molecule has 0 aromatic rings. The van der Waals surface area contributed by atoms with Crippen LogP contribution in [0, 0.1) is 5.92 Å². The van der Waals surface area contributed by atoms with Gasteiger partial charge in [0.1, 0.15) is 0 Å². The van der Waals surface area contributed by atoms with E-state index >= 15 is 0 Å². The topological polar surface area (TPSA) is 57.2 Å². The summed E-state index contributed by atoms with van der Waals surface area (Å²) in [6.07, 6.45) is -2.09. The van der Waals surface area contributed by atoms with Gasteiger partial charge in [-0.1, -0.05) is 0 Å². The average Bonchev–Trinajstić information content (AvgIpc) is 3.00. The molecule has 2 rings (SSSR count). The largest absolute Gasteiger partial charge is 0.466 e. The van der Waals surface area contributed by atoms with Crippen molar-refractivity contribution in [2.45, 2.75) is 45.3 Å². The van der Waals surface area contributed by atoms with E-state index in [1.807, 2.05) is 6.92 Å². The maximum Gasteiger partial charge on any atom is 0.401 e. The first-order chi connectivity index (χ1) is 12.3. The molecule has 0 aromatic heterocycles. The number of nitrogens with one attached hydrogen (secondary N) is 1. The first-order valence-corrected chi connectivity index (χ1v) is 9.34. The number of nitrogens with zero attached hydrogens (tertiary/aromatic N) is 3. The molecule has 0 amide bonds. The molecule has 0 bridgehead atoms. The van der Waals surface area contributed by atoms with Crippen molar-refractivity contribution in [1.29, 1.82) is 0 Å². The van der Waals surface area contributed by atoms with E-state index < -0.39 is 12.7 Å². The quantitative estimate of drug-likeness (QED) is 0.269. The highest BCUT2D eigenvalue weighted by atomic mass is 127. The lowest BCUT2D eigenvalue weighted by Crippen LogP contribution is -2.50. The number of esters is 1. The highest BCUT2D eigenvalue weighted by molar-refractivity contribution is 14.0. The number of alkyl halides is 3. The van der Waals surface area contributed by atoms with E-state index in [1.165, 1.54) is 4.90 Å². The third-order valence-corrected chi connectivity index (χ3v) is 4.73. The van der Waals surface area contributed by atoms with E-state index in [1.54, 1.807) is 6.92 Å². The molecule has 0 aliphatic carbocycles. The van der Waals surface area contributed by atoms with Crippen LogP contribution in [0.1, 0.15) is 33.1 Å². The average molecular weight is 506 g/mol. The first kappa shape index (κ1) is 24.3. The van der Waals surface area contributed by atoms with Gasteiger partial charge in [-0.05, 0) is 33.1 Å². The van der Waals surface area contributed by atoms with Gasteiger partial charge in [-0.25, -0.2) is 0 Å². The number of carbonyl (C=O) groups is 1. The lowest BCUT2D eigenvalue weighted by Gasteiger charge is -2.34. The molecule has 0 aromatic carbocycles. The third-order valence-electron chi connectivity index (χ3n) is 4.73. The zero-order valence-corrected chi connectivity index (χ0v) is 18.3. The second kappa shape index (κ2) is 11.3. The SMILES string of the molecule is CCN=C(NC1CCN(CC(F)(F)F)C1)N1CCC(C(=O)OCC)CC1.I. The number of hydrogen-bond donors (Lipinski definition) is 1. The number of hydrogen-bond acceptors (Lipinski definition) is 4. The zero-order chi connectivity index (χ0) is 19.2. The van der Waals surface area contributed by atoms with Gasteiger partial charge in [-0.2, -0.15) is 13.2 Å². The van der Waals surface area contributed by atoms with E-state index in [-0.39, 0.29) is 41.9 Å². The van der Waals surface area contributed by atoms with E-state index in [0.29, 0.717) is 58.6 Å². The van der Waals surface area contributed by atoms with Gasteiger partial charge in [0.25, 0.3) is 0 Å². The lowest BCUT2D eigenvalue weighted by molar-refractivity contribution is -0.149. The Kier molecular flexibility index (Phi) is 10.1. The summed E-state index contributed by atoms with van der Waals surface area (Å²) in [5, 5.41) is 3.32. The molecule has 6 nitrogen and oxygen atoms in total. The van der Waals surface area contributed by atoms with Gasteiger partial charge in [-0.3, -0.25) is 14.7 Å². The molecule has 0 radical (unpaired) electrons. The van der Waals surface area contributed by atoms with Crippen LogP contribution in [0.25, 0.3) is 0 Å². The van der Waals surface area contributed by atoms with Crippen molar-refractivity contribution in [1.82, 2.24) is 15.1 Å². The Morgan fingerprint density at radius 1 is 1.19 bits per heavy atom. The standard InChI is InChI=1S/C17H29F3N4O2.HI/c1-3-21-16(22-14-7-8-23(11-14)12-17(18,19)20)24-9-5-13(6-10-24)15(25)26-4-2;/h13-14H,3-12H2,1-2H3,(H,21,22);1H. The molecule has 1 atom stereocenters. The molecule has 2 aliphatic heterocycles. The van der Waals surface area contributed by atoms with Crippen molar-refractivity contribution in [3.05, 3.63) is 0 Å². The predicted molar refractivity (Wildman–Crippen MR) is 108 cm³/mol. The first-order valence-electron chi connectivity index (χ1n) is 9.34. The fourth-order valence-electron chi connectivity index (χ4n) is 3.50. The fourth-order valence-corrected chi connectivity index (χ4v) is 3.50. The number of likely N-dealkylation sites (tertiary alicyclic amines) is 2. The summed E-state index contributed by atoms with van der Waals surface area (Å²) in [6, 6.07) is -0.0366. The van der Waals surface area contributed by atoms with Crippen molar-refractivity contribution >= 4 is 35.9 Å². The van der Waals surface area contributed by atoms with E-state index in [9.17, 15) is 18.0 Å². The number of ether oxygens (including phenoxy) is 1. The summed E-state index contributed by atoms with van der Waals surface area (Å²) in [6.45, 7) is 6.02. The van der Waals surface area contributed by atoms with Gasteiger partial charge in [0.15, 0.2) is 5.96 Å². The molecule has 2 aliphatic rings. The maximum absolute atomic E-state index is 12.5. The Hall–Kier alpha value is -0.780. The van der Waals surface area contributed by atoms with Crippen molar-refractivity contribution in [3.8, 4) is 0 Å². The van der Waals surface area contributed by atoms with Gasteiger partial charge in [-0.15, -0.1) is 24.0 Å². The summed E-state index contributed by atoms with van der Waals surface area (Å²) in [5.74, 6) is 0.504. The molecule has 0 saturated carbocycles. The van der Waals surface area contributed by atoms with E-state index in [2.05, 4.69) is 15.2 Å². The summed E-state index contributed by atoms with van der Waals surface area (Å²) in [7, 11) is 0. The minimum absolute atomic E-state index is 0. The predicted octanol–water partition coefficient (Wildman–Crippen LogP) is 2.48. The van der Waals surface area contributed by atoms with Crippen LogP contribution in [-0.4, -0.2) is 79.8 Å². The molecule has 1 N–H and O–H groups in total. The number of halogens is 4. The van der Waals surface area contributed by atoms with Crippen LogP contribution in [-0.2, 0) is 9.53 Å². The van der Waals surface area contributed by atoms with Gasteiger partial charge in [0, 0.05) is 38.8 Å². The summed E-state index contributed by atoms with van der Waals surface area (Å²) in [4.78, 5) is 19.9. The molecule has 2 fully saturated rings. The fraction of sp³-hybridized carbons (Fsp3) is 0.882. The van der Waals surface area contributed by atoms with E-state index in [0.717, 1.165) is 5.96 Å². The third kappa shape index (κ3) is 8.00. The highest BCUT2D eigenvalue weighted by Gasteiger charge is 2.35. The van der Waals surface area contributed by atoms with Gasteiger partial charge >= 0.3 is 12.1 Å². The minimum atomic E-state index is -4.16. The Morgan fingerprint density at radius 3 is 2.41 bits per heavy atom. The molecule has 10 heteroatoms. The van der Waals surface area contributed by atoms with Crippen LogP contribution in [0.3, 0.4) is 0 Å². The second-order valence-electron chi connectivity index (χ2n) is 6.79. The molecule has 2 heterocycles. The van der Waals surface area contributed by atoms with Crippen molar-refractivity contribution in [2.75, 3.05) is 45.9 Å². The highest BCUT2D eigenvalue weighted by Crippen LogP contribution is 2.21. The Labute approximate surface area is 175 Å². The molecule has 2 saturated heterocycles. The Morgan fingerprint density at radius 2 is 1.85 bits per heavy atom. The van der Waals surface area contributed by atoms with E-state index in [4.69, 9.17) is 4.74 Å².